The van der Waals surface area contributed by atoms with E-state index in [1.807, 2.05) is 48.5 Å². The maximum atomic E-state index is 9.61. The van der Waals surface area contributed by atoms with Crippen LogP contribution < -0.4 is 11.1 Å². The summed E-state index contributed by atoms with van der Waals surface area (Å²) in [7, 11) is 0. The molecule has 0 radical (unpaired) electrons. The Kier molecular flexibility index (Phi) is 7.03. The summed E-state index contributed by atoms with van der Waals surface area (Å²) in [6, 6.07) is 22.0. The maximum Gasteiger partial charge on any atom is 0.198 e. The lowest BCUT2D eigenvalue weighted by Gasteiger charge is -2.30. The van der Waals surface area contributed by atoms with Crippen LogP contribution in [0.5, 0.6) is 0 Å². The molecule has 1 aliphatic rings. The lowest BCUT2D eigenvalue weighted by molar-refractivity contribution is 0.340. The van der Waals surface area contributed by atoms with Crippen molar-refractivity contribution in [3.8, 4) is 11.8 Å². The Labute approximate surface area is 189 Å². The molecule has 2 aromatic carbocycles. The van der Waals surface area contributed by atoms with Gasteiger partial charge in [0, 0.05) is 25.3 Å². The van der Waals surface area contributed by atoms with Crippen molar-refractivity contribution < 1.29 is 0 Å². The Morgan fingerprint density at radius 1 is 1.03 bits per heavy atom. The summed E-state index contributed by atoms with van der Waals surface area (Å²) in [4.78, 5) is 7.22. The average molecular weight is 428 g/mol. The zero-order chi connectivity index (χ0) is 22.2. The second-order valence-electron chi connectivity index (χ2n) is 7.91. The van der Waals surface area contributed by atoms with Crippen molar-refractivity contribution in [2.45, 2.75) is 32.1 Å². The van der Waals surface area contributed by atoms with Crippen molar-refractivity contribution in [3.05, 3.63) is 71.9 Å². The first-order valence-corrected chi connectivity index (χ1v) is 11.2. The number of benzene rings is 2. The number of likely N-dealkylation sites (tertiary alicyclic amines) is 1. The summed E-state index contributed by atoms with van der Waals surface area (Å²) in [6.45, 7) is 2.69. The summed E-state index contributed by atoms with van der Waals surface area (Å²) < 4.78 is 1.65. The summed E-state index contributed by atoms with van der Waals surface area (Å²) in [6.07, 6.45) is 5.09. The fourth-order valence-corrected chi connectivity index (χ4v) is 3.95. The lowest BCUT2D eigenvalue weighted by Crippen LogP contribution is -2.40. The molecule has 164 valence electrons. The van der Waals surface area contributed by atoms with E-state index in [-0.39, 0.29) is 0 Å². The van der Waals surface area contributed by atoms with Crippen LogP contribution in [0.15, 0.2) is 65.7 Å². The Balaban J connectivity index is 1.45. The second-order valence-corrected chi connectivity index (χ2v) is 7.91. The Hall–Kier alpha value is -3.79. The predicted molar refractivity (Wildman–Crippen MR) is 129 cm³/mol. The van der Waals surface area contributed by atoms with E-state index >= 15 is 0 Å². The summed E-state index contributed by atoms with van der Waals surface area (Å²) >= 11 is 0. The van der Waals surface area contributed by atoms with Crippen LogP contribution in [-0.4, -0.2) is 40.3 Å². The molecule has 0 atom stereocenters. The number of nitriles is 1. The largest absolute Gasteiger partial charge is 0.382 e. The van der Waals surface area contributed by atoms with Crippen molar-refractivity contribution in [1.29, 1.82) is 5.26 Å². The van der Waals surface area contributed by atoms with Gasteiger partial charge in [-0.2, -0.15) is 10.4 Å². The number of hydrogen-bond donors (Lipinski definition) is 2. The molecule has 0 unspecified atom stereocenters. The number of hydrogen-bond acceptors (Lipinski definition) is 4. The van der Waals surface area contributed by atoms with Crippen LogP contribution in [0.2, 0.25) is 0 Å². The van der Waals surface area contributed by atoms with Crippen LogP contribution in [0, 0.1) is 11.3 Å². The van der Waals surface area contributed by atoms with Gasteiger partial charge in [-0.05, 0) is 56.4 Å². The smallest absolute Gasteiger partial charge is 0.198 e. The van der Waals surface area contributed by atoms with E-state index in [9.17, 15) is 5.26 Å². The molecule has 1 saturated heterocycles. The number of anilines is 2. The third kappa shape index (κ3) is 5.09. The number of piperidine rings is 1. The van der Waals surface area contributed by atoms with E-state index < -0.39 is 0 Å². The van der Waals surface area contributed by atoms with Gasteiger partial charge in [0.05, 0.1) is 11.4 Å². The number of para-hydroxylation sites is 2. The van der Waals surface area contributed by atoms with Crippen LogP contribution in [0.4, 0.5) is 11.5 Å². The normalized spacial score (nSPS) is 14.2. The third-order valence-corrected chi connectivity index (χ3v) is 5.62. The van der Waals surface area contributed by atoms with Crippen LogP contribution in [0.3, 0.4) is 0 Å². The number of rotatable bonds is 6. The monoisotopic (exact) mass is 427 g/mol. The van der Waals surface area contributed by atoms with Crippen molar-refractivity contribution in [2.75, 3.05) is 30.7 Å². The quantitative estimate of drug-likeness (QED) is 0.349. The SMILES string of the molecule is N#Cc1c(CCCN=C(Nc2ccccc2)N2CCCCC2)nn(-c2ccccc2)c1N. The number of aromatic nitrogens is 2. The maximum absolute atomic E-state index is 9.61. The van der Waals surface area contributed by atoms with E-state index in [1.54, 1.807) is 4.68 Å². The molecule has 7 nitrogen and oxygen atoms in total. The van der Waals surface area contributed by atoms with Gasteiger partial charge in [-0.15, -0.1) is 0 Å². The molecule has 0 amide bonds. The molecule has 1 aliphatic heterocycles. The van der Waals surface area contributed by atoms with Crippen molar-refractivity contribution >= 4 is 17.5 Å². The van der Waals surface area contributed by atoms with Crippen LogP contribution >= 0.6 is 0 Å². The number of nitrogens with one attached hydrogen (secondary N) is 1. The van der Waals surface area contributed by atoms with Gasteiger partial charge < -0.3 is 16.0 Å². The topological polar surface area (TPSA) is 95.3 Å². The Morgan fingerprint density at radius 3 is 2.41 bits per heavy atom. The predicted octanol–water partition coefficient (Wildman–Crippen LogP) is 4.21. The highest BCUT2D eigenvalue weighted by Gasteiger charge is 2.17. The average Bonchev–Trinajstić information content (AvgIpc) is 3.17. The van der Waals surface area contributed by atoms with Crippen LogP contribution in [-0.2, 0) is 6.42 Å². The van der Waals surface area contributed by atoms with Crippen molar-refractivity contribution in [1.82, 2.24) is 14.7 Å². The Bertz CT molecular complexity index is 1070. The molecule has 0 saturated carbocycles. The molecule has 0 spiro atoms. The highest BCUT2D eigenvalue weighted by molar-refractivity contribution is 5.93. The van der Waals surface area contributed by atoms with Crippen LogP contribution in [0.25, 0.3) is 5.69 Å². The molecular weight excluding hydrogens is 398 g/mol. The fraction of sp³-hybridized carbons (Fsp3) is 0.320. The number of nitrogens with two attached hydrogens (primary N) is 1. The zero-order valence-electron chi connectivity index (χ0n) is 18.2. The molecule has 0 bridgehead atoms. The van der Waals surface area contributed by atoms with E-state index in [4.69, 9.17) is 10.7 Å². The molecular formula is C25H29N7. The van der Waals surface area contributed by atoms with Gasteiger partial charge in [-0.1, -0.05) is 36.4 Å². The summed E-state index contributed by atoms with van der Waals surface area (Å²) in [5.41, 5.74) is 9.29. The first-order valence-electron chi connectivity index (χ1n) is 11.2. The van der Waals surface area contributed by atoms with Gasteiger partial charge in [-0.25, -0.2) is 4.68 Å². The van der Waals surface area contributed by atoms with Gasteiger partial charge in [0.25, 0.3) is 0 Å². The van der Waals surface area contributed by atoms with E-state index in [2.05, 4.69) is 33.5 Å². The van der Waals surface area contributed by atoms with Crippen LogP contribution in [0.1, 0.15) is 36.9 Å². The van der Waals surface area contributed by atoms with E-state index in [0.29, 0.717) is 24.3 Å². The van der Waals surface area contributed by atoms with Gasteiger partial charge in [0.1, 0.15) is 17.5 Å². The highest BCUT2D eigenvalue weighted by Crippen LogP contribution is 2.21. The third-order valence-electron chi connectivity index (χ3n) is 5.62. The lowest BCUT2D eigenvalue weighted by atomic mass is 10.1. The van der Waals surface area contributed by atoms with Gasteiger partial charge in [0.2, 0.25) is 0 Å². The van der Waals surface area contributed by atoms with Gasteiger partial charge in [0.15, 0.2) is 5.96 Å². The first kappa shape index (κ1) is 21.4. The molecule has 32 heavy (non-hydrogen) atoms. The van der Waals surface area contributed by atoms with E-state index in [1.165, 1.54) is 19.3 Å². The number of aliphatic imine (C=N–C) groups is 1. The second kappa shape index (κ2) is 10.5. The van der Waals surface area contributed by atoms with E-state index in [0.717, 1.165) is 42.5 Å². The minimum absolute atomic E-state index is 0.386. The number of guanidine groups is 1. The minimum Gasteiger partial charge on any atom is -0.382 e. The molecule has 3 N–H and O–H groups in total. The first-order chi connectivity index (χ1) is 15.8. The Morgan fingerprint density at radius 2 is 1.72 bits per heavy atom. The summed E-state index contributed by atoms with van der Waals surface area (Å²) in [5.74, 6) is 1.31. The standard InChI is InChI=1S/C25H29N7/c26-19-22-23(30-32(24(22)27)21-13-6-2-7-14-21)15-10-16-28-25(31-17-8-3-9-18-31)29-20-11-4-1-5-12-20/h1-2,4-7,11-14H,3,8-10,15-18,27H2,(H,28,29). The molecule has 3 aromatic rings. The number of nitrogens with zero attached hydrogens (tertiary/aromatic N) is 5. The molecule has 2 heterocycles. The number of aryl methyl sites for hydroxylation is 1. The minimum atomic E-state index is 0.386. The molecule has 7 heteroatoms. The van der Waals surface area contributed by atoms with Crippen molar-refractivity contribution in [3.63, 3.8) is 0 Å². The zero-order valence-corrected chi connectivity index (χ0v) is 18.2. The van der Waals surface area contributed by atoms with Crippen molar-refractivity contribution in [2.24, 2.45) is 4.99 Å². The van der Waals surface area contributed by atoms with Gasteiger partial charge >= 0.3 is 0 Å². The molecule has 1 fully saturated rings. The number of nitrogen functional groups attached to an aromatic ring is 1. The molecule has 1 aromatic heterocycles. The summed E-state index contributed by atoms with van der Waals surface area (Å²) in [5, 5.41) is 17.7. The highest BCUT2D eigenvalue weighted by atomic mass is 15.3. The molecule has 0 aliphatic carbocycles. The molecule has 4 rings (SSSR count). The van der Waals surface area contributed by atoms with Gasteiger partial charge in [-0.3, -0.25) is 4.99 Å². The fourth-order valence-electron chi connectivity index (χ4n) is 3.95.